The molecule has 0 spiro atoms. The molecule has 2 aromatic carbocycles. The molecule has 110 valence electrons. The molecule has 2 rings (SSSR count). The molecule has 2 nitrogen and oxygen atoms in total. The van der Waals surface area contributed by atoms with Crippen molar-refractivity contribution in [3.8, 4) is 0 Å². The minimum atomic E-state index is -0.0685. The first kappa shape index (κ1) is 16.3. The SMILES string of the molecule is CC(c1ccc(Cl)cc1)N(C)C(=O)c1ccc(Cl)cc1Br. The van der Waals surface area contributed by atoms with E-state index in [2.05, 4.69) is 15.9 Å². The van der Waals surface area contributed by atoms with Gasteiger partial charge in [0.15, 0.2) is 0 Å². The van der Waals surface area contributed by atoms with Crippen molar-refractivity contribution in [3.05, 3.63) is 68.1 Å². The summed E-state index contributed by atoms with van der Waals surface area (Å²) < 4.78 is 0.690. The second kappa shape index (κ2) is 6.82. The summed E-state index contributed by atoms with van der Waals surface area (Å²) >= 11 is 15.2. The molecule has 0 saturated carbocycles. The van der Waals surface area contributed by atoms with E-state index in [1.165, 1.54) is 0 Å². The Bertz CT molecular complexity index is 658. The van der Waals surface area contributed by atoms with E-state index in [1.54, 1.807) is 30.1 Å². The summed E-state index contributed by atoms with van der Waals surface area (Å²) in [6.07, 6.45) is 0. The van der Waals surface area contributed by atoms with E-state index in [4.69, 9.17) is 23.2 Å². The predicted octanol–water partition coefficient (Wildman–Crippen LogP) is 5.59. The number of halogens is 3. The molecule has 0 aromatic heterocycles. The number of carbonyl (C=O) groups is 1. The Labute approximate surface area is 142 Å². The van der Waals surface area contributed by atoms with Crippen LogP contribution in [0.1, 0.15) is 28.9 Å². The van der Waals surface area contributed by atoms with Crippen molar-refractivity contribution < 1.29 is 4.79 Å². The molecule has 0 heterocycles. The van der Waals surface area contributed by atoms with Gasteiger partial charge in [-0.25, -0.2) is 0 Å². The molecule has 5 heteroatoms. The molecule has 0 saturated heterocycles. The summed E-state index contributed by atoms with van der Waals surface area (Å²) in [7, 11) is 1.78. The third kappa shape index (κ3) is 3.79. The number of benzene rings is 2. The van der Waals surface area contributed by atoms with E-state index >= 15 is 0 Å². The van der Waals surface area contributed by atoms with Crippen LogP contribution in [0.25, 0.3) is 0 Å². The quantitative estimate of drug-likeness (QED) is 0.673. The van der Waals surface area contributed by atoms with Crippen LogP contribution < -0.4 is 0 Å². The molecule has 1 atom stereocenters. The predicted molar refractivity (Wildman–Crippen MR) is 91.1 cm³/mol. The van der Waals surface area contributed by atoms with Gasteiger partial charge in [0, 0.05) is 21.6 Å². The summed E-state index contributed by atoms with van der Waals surface area (Å²) in [5.41, 5.74) is 1.61. The lowest BCUT2D eigenvalue weighted by molar-refractivity contribution is 0.0741. The molecule has 21 heavy (non-hydrogen) atoms. The first-order valence-electron chi connectivity index (χ1n) is 6.38. The van der Waals surface area contributed by atoms with E-state index in [9.17, 15) is 4.79 Å². The summed E-state index contributed by atoms with van der Waals surface area (Å²) in [6, 6.07) is 12.6. The van der Waals surface area contributed by atoms with Gasteiger partial charge in [0.1, 0.15) is 0 Å². The van der Waals surface area contributed by atoms with Gasteiger partial charge in [-0.2, -0.15) is 0 Å². The zero-order valence-electron chi connectivity index (χ0n) is 11.6. The summed E-state index contributed by atoms with van der Waals surface area (Å²) in [5, 5.41) is 1.27. The van der Waals surface area contributed by atoms with Gasteiger partial charge >= 0.3 is 0 Å². The zero-order valence-corrected chi connectivity index (χ0v) is 14.7. The number of nitrogens with zero attached hydrogens (tertiary/aromatic N) is 1. The van der Waals surface area contributed by atoms with Crippen LogP contribution in [-0.4, -0.2) is 17.9 Å². The summed E-state index contributed by atoms with van der Waals surface area (Å²) in [5.74, 6) is -0.0685. The molecule has 0 fully saturated rings. The largest absolute Gasteiger partial charge is 0.335 e. The number of amides is 1. The highest BCUT2D eigenvalue weighted by atomic mass is 79.9. The average molecular weight is 387 g/mol. The maximum atomic E-state index is 12.6. The molecule has 0 aliphatic heterocycles. The number of carbonyl (C=O) groups excluding carboxylic acids is 1. The summed E-state index contributed by atoms with van der Waals surface area (Å²) in [4.78, 5) is 14.3. The number of hydrogen-bond donors (Lipinski definition) is 0. The van der Waals surface area contributed by atoms with Crippen molar-refractivity contribution in [1.82, 2.24) is 4.90 Å². The highest BCUT2D eigenvalue weighted by Crippen LogP contribution is 2.26. The van der Waals surface area contributed by atoms with E-state index in [1.807, 2.05) is 31.2 Å². The van der Waals surface area contributed by atoms with Crippen molar-refractivity contribution in [3.63, 3.8) is 0 Å². The van der Waals surface area contributed by atoms with Crippen LogP contribution in [0.2, 0.25) is 10.0 Å². The highest BCUT2D eigenvalue weighted by molar-refractivity contribution is 9.10. The molecule has 1 unspecified atom stereocenters. The Hall–Kier alpha value is -1.03. The van der Waals surface area contributed by atoms with Crippen molar-refractivity contribution in [2.75, 3.05) is 7.05 Å². The van der Waals surface area contributed by atoms with Gasteiger partial charge in [-0.1, -0.05) is 35.3 Å². The Morgan fingerprint density at radius 2 is 1.67 bits per heavy atom. The lowest BCUT2D eigenvalue weighted by Gasteiger charge is -2.26. The number of hydrogen-bond acceptors (Lipinski definition) is 1. The minimum absolute atomic E-state index is 0.0580. The first-order valence-corrected chi connectivity index (χ1v) is 7.92. The van der Waals surface area contributed by atoms with Gasteiger partial charge in [-0.15, -0.1) is 0 Å². The lowest BCUT2D eigenvalue weighted by Crippen LogP contribution is -2.29. The van der Waals surface area contributed by atoms with Gasteiger partial charge in [0.05, 0.1) is 11.6 Å². The van der Waals surface area contributed by atoms with Crippen molar-refractivity contribution in [2.45, 2.75) is 13.0 Å². The molecule has 0 aliphatic rings. The van der Waals surface area contributed by atoms with Crippen LogP contribution in [0.3, 0.4) is 0 Å². The van der Waals surface area contributed by atoms with Gasteiger partial charge in [0.25, 0.3) is 5.91 Å². The van der Waals surface area contributed by atoms with Crippen LogP contribution in [-0.2, 0) is 0 Å². The molecule has 0 radical (unpaired) electrons. The Morgan fingerprint density at radius 1 is 1.10 bits per heavy atom. The minimum Gasteiger partial charge on any atom is -0.335 e. The standard InChI is InChI=1S/C16H14BrCl2NO/c1-10(11-3-5-12(18)6-4-11)20(2)16(21)14-8-7-13(19)9-15(14)17/h3-10H,1-2H3. The third-order valence-corrected chi connectivity index (χ3v) is 4.56. The van der Waals surface area contributed by atoms with E-state index in [0.29, 0.717) is 20.1 Å². The molecule has 0 aliphatic carbocycles. The fourth-order valence-electron chi connectivity index (χ4n) is 1.99. The molecular weight excluding hydrogens is 373 g/mol. The first-order chi connectivity index (χ1) is 9.90. The maximum absolute atomic E-state index is 12.6. The Balaban J connectivity index is 2.24. The smallest absolute Gasteiger partial charge is 0.255 e. The highest BCUT2D eigenvalue weighted by Gasteiger charge is 2.20. The molecule has 0 N–H and O–H groups in total. The van der Waals surface area contributed by atoms with Crippen molar-refractivity contribution >= 4 is 45.0 Å². The van der Waals surface area contributed by atoms with E-state index in [0.717, 1.165) is 5.56 Å². The van der Waals surface area contributed by atoms with E-state index < -0.39 is 0 Å². The van der Waals surface area contributed by atoms with Crippen LogP contribution in [0.4, 0.5) is 0 Å². The van der Waals surface area contributed by atoms with Gasteiger partial charge in [-0.05, 0) is 58.7 Å². The summed E-state index contributed by atoms with van der Waals surface area (Å²) in [6.45, 7) is 1.98. The second-order valence-corrected chi connectivity index (χ2v) is 6.49. The van der Waals surface area contributed by atoms with E-state index in [-0.39, 0.29) is 11.9 Å². The maximum Gasteiger partial charge on any atom is 0.255 e. The molecule has 1 amide bonds. The molecule has 2 aromatic rings. The van der Waals surface area contributed by atoms with Gasteiger partial charge < -0.3 is 4.90 Å². The second-order valence-electron chi connectivity index (χ2n) is 4.77. The van der Waals surface area contributed by atoms with Crippen molar-refractivity contribution in [2.24, 2.45) is 0 Å². The average Bonchev–Trinajstić information content (AvgIpc) is 2.46. The fourth-order valence-corrected chi connectivity index (χ4v) is 2.97. The van der Waals surface area contributed by atoms with Crippen LogP contribution >= 0.6 is 39.1 Å². The zero-order chi connectivity index (χ0) is 15.6. The van der Waals surface area contributed by atoms with Crippen LogP contribution in [0, 0.1) is 0 Å². The topological polar surface area (TPSA) is 20.3 Å². The lowest BCUT2D eigenvalue weighted by atomic mass is 10.1. The third-order valence-electron chi connectivity index (χ3n) is 3.42. The molecular formula is C16H14BrCl2NO. The fraction of sp³-hybridized carbons (Fsp3) is 0.188. The monoisotopic (exact) mass is 385 g/mol. The Kier molecular flexibility index (Phi) is 5.31. The van der Waals surface area contributed by atoms with Crippen LogP contribution in [0.15, 0.2) is 46.9 Å². The van der Waals surface area contributed by atoms with Crippen molar-refractivity contribution in [1.29, 1.82) is 0 Å². The number of rotatable bonds is 3. The normalized spacial score (nSPS) is 12.0. The Morgan fingerprint density at radius 3 is 2.24 bits per heavy atom. The molecule has 0 bridgehead atoms. The van der Waals surface area contributed by atoms with Gasteiger partial charge in [-0.3, -0.25) is 4.79 Å². The van der Waals surface area contributed by atoms with Gasteiger partial charge in [0.2, 0.25) is 0 Å². The van der Waals surface area contributed by atoms with Crippen LogP contribution in [0.5, 0.6) is 0 Å².